The average Bonchev–Trinajstić information content (AvgIpc) is 2.77. The van der Waals surface area contributed by atoms with E-state index in [4.69, 9.17) is 4.74 Å². The smallest absolute Gasteiger partial charge is 0.190 e. The Kier molecular flexibility index (Phi) is 9.47. The number of ether oxygens (including phenoxy) is 1. The number of guanidine groups is 1. The lowest BCUT2D eigenvalue weighted by molar-refractivity contribution is -0.0265. The Labute approximate surface area is 183 Å². The summed E-state index contributed by atoms with van der Waals surface area (Å²) in [5.41, 5.74) is 2.59. The van der Waals surface area contributed by atoms with E-state index in [2.05, 4.69) is 58.6 Å². The zero-order valence-electron chi connectivity index (χ0n) is 19.3. The van der Waals surface area contributed by atoms with Crippen LogP contribution in [0.3, 0.4) is 0 Å². The minimum atomic E-state index is 0.177. The second kappa shape index (κ2) is 12.3. The second-order valence-electron chi connectivity index (χ2n) is 9.07. The molecular formula is C25H42N4O. The van der Waals surface area contributed by atoms with Crippen molar-refractivity contribution in [2.24, 2.45) is 10.9 Å². The standard InChI is InChI=1S/C25H42N4O/c1-20-11-13-22(14-12-20)24-23(10-8-18-30-24)19-28-25(26-3)27-15-5-7-17-29-16-6-4-9-21(29)2/h11-14,21,23-24H,4-10,15-19H2,1-3H3,(H2,26,27,28). The molecule has 2 fully saturated rings. The van der Waals surface area contributed by atoms with Gasteiger partial charge in [0.25, 0.3) is 0 Å². The number of hydrogen-bond acceptors (Lipinski definition) is 3. The summed E-state index contributed by atoms with van der Waals surface area (Å²) in [6, 6.07) is 9.56. The summed E-state index contributed by atoms with van der Waals surface area (Å²) in [4.78, 5) is 7.08. The van der Waals surface area contributed by atoms with Crippen LogP contribution in [0.5, 0.6) is 0 Å². The zero-order valence-corrected chi connectivity index (χ0v) is 19.3. The van der Waals surface area contributed by atoms with Gasteiger partial charge in [0, 0.05) is 38.7 Å². The van der Waals surface area contributed by atoms with Gasteiger partial charge < -0.3 is 20.3 Å². The van der Waals surface area contributed by atoms with E-state index in [0.717, 1.165) is 38.1 Å². The Balaban J connectivity index is 1.38. The highest BCUT2D eigenvalue weighted by molar-refractivity contribution is 5.79. The fourth-order valence-electron chi connectivity index (χ4n) is 4.76. The van der Waals surface area contributed by atoms with E-state index < -0.39 is 0 Å². The topological polar surface area (TPSA) is 48.9 Å². The summed E-state index contributed by atoms with van der Waals surface area (Å²) < 4.78 is 6.16. The highest BCUT2D eigenvalue weighted by atomic mass is 16.5. The van der Waals surface area contributed by atoms with E-state index in [9.17, 15) is 0 Å². The van der Waals surface area contributed by atoms with Crippen molar-refractivity contribution in [1.29, 1.82) is 0 Å². The van der Waals surface area contributed by atoms with Crippen molar-refractivity contribution >= 4 is 5.96 Å². The van der Waals surface area contributed by atoms with Gasteiger partial charge in [0.1, 0.15) is 0 Å². The van der Waals surface area contributed by atoms with Crippen molar-refractivity contribution < 1.29 is 4.74 Å². The maximum absolute atomic E-state index is 6.16. The highest BCUT2D eigenvalue weighted by Gasteiger charge is 2.27. The molecule has 5 heteroatoms. The molecule has 0 aromatic heterocycles. The first kappa shape index (κ1) is 23.1. The fraction of sp³-hybridized carbons (Fsp3) is 0.720. The van der Waals surface area contributed by atoms with Gasteiger partial charge in [-0.15, -0.1) is 0 Å². The molecule has 3 unspecified atom stereocenters. The third-order valence-electron chi connectivity index (χ3n) is 6.71. The molecule has 2 aliphatic heterocycles. The van der Waals surface area contributed by atoms with Crippen LogP contribution < -0.4 is 10.6 Å². The Morgan fingerprint density at radius 3 is 2.70 bits per heavy atom. The molecule has 1 aromatic carbocycles. The van der Waals surface area contributed by atoms with E-state index in [-0.39, 0.29) is 6.10 Å². The Hall–Kier alpha value is -1.59. The van der Waals surface area contributed by atoms with Gasteiger partial charge in [-0.1, -0.05) is 36.2 Å². The summed E-state index contributed by atoms with van der Waals surface area (Å²) in [6.45, 7) is 9.75. The van der Waals surface area contributed by atoms with Crippen molar-refractivity contribution in [2.75, 3.05) is 39.8 Å². The van der Waals surface area contributed by atoms with Gasteiger partial charge in [0.05, 0.1) is 6.10 Å². The number of hydrogen-bond donors (Lipinski definition) is 2. The first-order chi connectivity index (χ1) is 14.7. The number of aliphatic imine (C=N–C) groups is 1. The summed E-state index contributed by atoms with van der Waals surface area (Å²) in [5.74, 6) is 1.38. The number of nitrogens with zero attached hydrogens (tertiary/aromatic N) is 2. The van der Waals surface area contributed by atoms with Crippen LogP contribution in [0.4, 0.5) is 0 Å². The Morgan fingerprint density at radius 2 is 1.93 bits per heavy atom. The second-order valence-corrected chi connectivity index (χ2v) is 9.07. The summed E-state index contributed by atoms with van der Waals surface area (Å²) >= 11 is 0. The fourth-order valence-corrected chi connectivity index (χ4v) is 4.76. The molecular weight excluding hydrogens is 372 g/mol. The summed E-state index contributed by atoms with van der Waals surface area (Å²) in [5, 5.41) is 7.05. The lowest BCUT2D eigenvalue weighted by Crippen LogP contribution is -2.42. The van der Waals surface area contributed by atoms with Crippen LogP contribution in [0.15, 0.2) is 29.3 Å². The molecule has 0 amide bonds. The first-order valence-corrected chi connectivity index (χ1v) is 12.0. The van der Waals surface area contributed by atoms with Gasteiger partial charge in [-0.3, -0.25) is 4.99 Å². The van der Waals surface area contributed by atoms with Gasteiger partial charge in [0.2, 0.25) is 0 Å². The predicted molar refractivity (Wildman–Crippen MR) is 126 cm³/mol. The minimum absolute atomic E-state index is 0.177. The van der Waals surface area contributed by atoms with E-state index >= 15 is 0 Å². The molecule has 30 heavy (non-hydrogen) atoms. The minimum Gasteiger partial charge on any atom is -0.373 e. The third-order valence-corrected chi connectivity index (χ3v) is 6.71. The van der Waals surface area contributed by atoms with Gasteiger partial charge in [-0.25, -0.2) is 0 Å². The quantitative estimate of drug-likeness (QED) is 0.379. The van der Waals surface area contributed by atoms with E-state index in [1.165, 1.54) is 62.7 Å². The maximum atomic E-state index is 6.16. The molecule has 0 aliphatic carbocycles. The monoisotopic (exact) mass is 414 g/mol. The summed E-state index contributed by atoms with van der Waals surface area (Å²) in [7, 11) is 1.86. The van der Waals surface area contributed by atoms with Crippen LogP contribution >= 0.6 is 0 Å². The van der Waals surface area contributed by atoms with Gasteiger partial charge in [-0.2, -0.15) is 0 Å². The van der Waals surface area contributed by atoms with Crippen LogP contribution in [0.25, 0.3) is 0 Å². The third kappa shape index (κ3) is 6.98. The average molecular weight is 415 g/mol. The largest absolute Gasteiger partial charge is 0.373 e. The number of piperidine rings is 1. The first-order valence-electron chi connectivity index (χ1n) is 12.0. The van der Waals surface area contributed by atoms with Gasteiger partial charge in [-0.05, 0) is 71.0 Å². The van der Waals surface area contributed by atoms with E-state index in [1.807, 2.05) is 7.05 Å². The van der Waals surface area contributed by atoms with E-state index in [1.54, 1.807) is 0 Å². The molecule has 2 saturated heterocycles. The van der Waals surface area contributed by atoms with Crippen LogP contribution in [0.1, 0.15) is 69.1 Å². The zero-order chi connectivity index (χ0) is 21.2. The molecule has 5 nitrogen and oxygen atoms in total. The van der Waals surface area contributed by atoms with Crippen LogP contribution in [-0.4, -0.2) is 56.7 Å². The molecule has 2 aliphatic rings. The van der Waals surface area contributed by atoms with E-state index in [0.29, 0.717) is 5.92 Å². The van der Waals surface area contributed by atoms with Crippen molar-refractivity contribution in [1.82, 2.24) is 15.5 Å². The number of aryl methyl sites for hydroxylation is 1. The van der Waals surface area contributed by atoms with Crippen molar-refractivity contribution in [2.45, 2.75) is 70.9 Å². The number of unbranched alkanes of at least 4 members (excludes halogenated alkanes) is 1. The van der Waals surface area contributed by atoms with Crippen molar-refractivity contribution in [3.63, 3.8) is 0 Å². The number of rotatable bonds is 8. The molecule has 0 spiro atoms. The summed E-state index contributed by atoms with van der Waals surface area (Å²) in [6.07, 6.45) is 9.07. The van der Waals surface area contributed by atoms with Crippen LogP contribution in [-0.2, 0) is 4.74 Å². The lowest BCUT2D eigenvalue weighted by atomic mass is 9.89. The Morgan fingerprint density at radius 1 is 1.10 bits per heavy atom. The predicted octanol–water partition coefficient (Wildman–Crippen LogP) is 4.28. The Bertz CT molecular complexity index is 645. The van der Waals surface area contributed by atoms with Gasteiger partial charge in [0.15, 0.2) is 5.96 Å². The highest BCUT2D eigenvalue weighted by Crippen LogP contribution is 2.33. The number of nitrogens with one attached hydrogen (secondary N) is 2. The molecule has 0 radical (unpaired) electrons. The molecule has 2 heterocycles. The van der Waals surface area contributed by atoms with Crippen molar-refractivity contribution in [3.8, 4) is 0 Å². The van der Waals surface area contributed by atoms with Crippen molar-refractivity contribution in [3.05, 3.63) is 35.4 Å². The number of likely N-dealkylation sites (tertiary alicyclic amines) is 1. The molecule has 0 bridgehead atoms. The normalized spacial score (nSPS) is 25.8. The molecule has 2 N–H and O–H groups in total. The molecule has 0 saturated carbocycles. The molecule has 3 atom stereocenters. The van der Waals surface area contributed by atoms with Crippen LogP contribution in [0.2, 0.25) is 0 Å². The maximum Gasteiger partial charge on any atom is 0.190 e. The molecule has 168 valence electrons. The van der Waals surface area contributed by atoms with Crippen LogP contribution in [0, 0.1) is 12.8 Å². The van der Waals surface area contributed by atoms with Gasteiger partial charge >= 0.3 is 0 Å². The molecule has 1 aromatic rings. The molecule has 3 rings (SSSR count). The number of benzene rings is 1. The SMILES string of the molecule is CN=C(NCCCCN1CCCCC1C)NCC1CCCOC1c1ccc(C)cc1. The lowest BCUT2D eigenvalue weighted by Gasteiger charge is -2.33.